The van der Waals surface area contributed by atoms with Crippen LogP contribution >= 0.6 is 23.2 Å². The number of halogens is 2. The maximum Gasteiger partial charge on any atom is 0.0927 e. The molecule has 12 heavy (non-hydrogen) atoms. The van der Waals surface area contributed by atoms with Crippen LogP contribution in [-0.2, 0) is 0 Å². The topological polar surface area (TPSA) is 23.8 Å². The first kappa shape index (κ1) is 9.12. The number of hydrogen-bond donors (Lipinski definition) is 0. The third-order valence-corrected chi connectivity index (χ3v) is 1.85. The van der Waals surface area contributed by atoms with Crippen LogP contribution in [0.15, 0.2) is 30.3 Å². The number of hydrogen-bond acceptors (Lipinski definition) is 1. The minimum atomic E-state index is 0.403. The summed E-state index contributed by atoms with van der Waals surface area (Å²) in [5, 5.41) is 9.33. The van der Waals surface area contributed by atoms with Crippen molar-refractivity contribution in [2.45, 2.75) is 0 Å². The monoisotopic (exact) mass is 197 g/mol. The Labute approximate surface area is 80.8 Å². The number of allylic oxidation sites excluding steroid dienone is 1. The molecule has 0 heterocycles. The van der Waals surface area contributed by atoms with Gasteiger partial charge in [-0.25, -0.2) is 0 Å². The summed E-state index contributed by atoms with van der Waals surface area (Å²) in [6.45, 7) is 0. The Morgan fingerprint density at radius 2 is 2.25 bits per heavy atom. The molecule has 0 unspecified atom stereocenters. The SMILES string of the molecule is N#C/C=C(/Cl)c1cccc(Cl)c1. The lowest BCUT2D eigenvalue weighted by molar-refractivity contribution is 1.53. The van der Waals surface area contributed by atoms with Gasteiger partial charge in [-0.15, -0.1) is 0 Å². The highest BCUT2D eigenvalue weighted by Gasteiger charge is 1.97. The molecule has 0 N–H and O–H groups in total. The van der Waals surface area contributed by atoms with E-state index in [0.717, 1.165) is 5.56 Å². The van der Waals surface area contributed by atoms with Crippen LogP contribution in [0.5, 0.6) is 0 Å². The molecule has 0 spiro atoms. The van der Waals surface area contributed by atoms with Gasteiger partial charge in [-0.1, -0.05) is 35.3 Å². The smallest absolute Gasteiger partial charge is 0.0927 e. The van der Waals surface area contributed by atoms with E-state index >= 15 is 0 Å². The van der Waals surface area contributed by atoms with Crippen molar-refractivity contribution in [1.29, 1.82) is 5.26 Å². The number of nitriles is 1. The lowest BCUT2D eigenvalue weighted by Gasteiger charge is -1.96. The van der Waals surface area contributed by atoms with Crippen molar-refractivity contribution in [3.63, 3.8) is 0 Å². The molecule has 1 aromatic rings. The maximum absolute atomic E-state index is 8.32. The fourth-order valence-electron chi connectivity index (χ4n) is 0.777. The Balaban J connectivity index is 3.05. The van der Waals surface area contributed by atoms with Gasteiger partial charge in [0, 0.05) is 11.1 Å². The van der Waals surface area contributed by atoms with Crippen molar-refractivity contribution in [1.82, 2.24) is 0 Å². The molecule has 0 atom stereocenters. The molecule has 0 aliphatic heterocycles. The van der Waals surface area contributed by atoms with Gasteiger partial charge in [0.2, 0.25) is 0 Å². The Hall–Kier alpha value is -0.970. The Morgan fingerprint density at radius 3 is 2.83 bits per heavy atom. The van der Waals surface area contributed by atoms with Crippen molar-refractivity contribution >= 4 is 28.2 Å². The van der Waals surface area contributed by atoms with Crippen molar-refractivity contribution in [3.05, 3.63) is 40.9 Å². The van der Waals surface area contributed by atoms with Gasteiger partial charge in [0.05, 0.1) is 11.1 Å². The molecule has 0 fully saturated rings. The van der Waals surface area contributed by atoms with E-state index in [9.17, 15) is 0 Å². The van der Waals surface area contributed by atoms with Crippen LogP contribution in [0.25, 0.3) is 5.03 Å². The fraction of sp³-hybridized carbons (Fsp3) is 0. The molecular weight excluding hydrogens is 193 g/mol. The summed E-state index contributed by atoms with van der Waals surface area (Å²) in [6.07, 6.45) is 1.27. The highest BCUT2D eigenvalue weighted by Crippen LogP contribution is 2.21. The molecule has 0 amide bonds. The Morgan fingerprint density at radius 1 is 1.50 bits per heavy atom. The van der Waals surface area contributed by atoms with E-state index in [4.69, 9.17) is 28.5 Å². The predicted molar refractivity (Wildman–Crippen MR) is 50.9 cm³/mol. The van der Waals surface area contributed by atoms with Gasteiger partial charge < -0.3 is 0 Å². The molecule has 0 radical (unpaired) electrons. The van der Waals surface area contributed by atoms with Crippen LogP contribution in [0.4, 0.5) is 0 Å². The van der Waals surface area contributed by atoms with Crippen LogP contribution in [0.3, 0.4) is 0 Å². The summed E-state index contributed by atoms with van der Waals surface area (Å²) >= 11 is 11.5. The van der Waals surface area contributed by atoms with Gasteiger partial charge in [0.25, 0.3) is 0 Å². The van der Waals surface area contributed by atoms with E-state index in [1.807, 2.05) is 6.07 Å². The van der Waals surface area contributed by atoms with E-state index in [1.54, 1.807) is 24.3 Å². The van der Waals surface area contributed by atoms with Gasteiger partial charge in [0.15, 0.2) is 0 Å². The highest BCUT2D eigenvalue weighted by molar-refractivity contribution is 6.49. The molecule has 0 aliphatic carbocycles. The van der Waals surface area contributed by atoms with Crippen molar-refractivity contribution in [2.75, 3.05) is 0 Å². The molecule has 3 heteroatoms. The second-order valence-corrected chi connectivity index (χ2v) is 2.98. The normalized spacial score (nSPS) is 10.9. The van der Waals surface area contributed by atoms with Crippen LogP contribution < -0.4 is 0 Å². The summed E-state index contributed by atoms with van der Waals surface area (Å²) in [6, 6.07) is 8.88. The first-order chi connectivity index (χ1) is 5.74. The summed E-state index contributed by atoms with van der Waals surface area (Å²) in [7, 11) is 0. The summed E-state index contributed by atoms with van der Waals surface area (Å²) in [5.74, 6) is 0. The molecule has 0 bridgehead atoms. The van der Waals surface area contributed by atoms with Crippen LogP contribution in [0, 0.1) is 11.3 Å². The van der Waals surface area contributed by atoms with Gasteiger partial charge in [-0.3, -0.25) is 0 Å². The van der Waals surface area contributed by atoms with Gasteiger partial charge in [-0.2, -0.15) is 5.26 Å². The zero-order valence-corrected chi connectivity index (χ0v) is 7.60. The van der Waals surface area contributed by atoms with Crippen LogP contribution in [0.1, 0.15) is 5.56 Å². The third kappa shape index (κ3) is 2.27. The second-order valence-electron chi connectivity index (χ2n) is 2.13. The van der Waals surface area contributed by atoms with Crippen molar-refractivity contribution in [2.24, 2.45) is 0 Å². The molecule has 1 rings (SSSR count). The fourth-order valence-corrected chi connectivity index (χ4v) is 1.13. The Bertz CT molecular complexity index is 350. The average molecular weight is 198 g/mol. The van der Waals surface area contributed by atoms with E-state index in [-0.39, 0.29) is 0 Å². The predicted octanol–water partition coefficient (Wildman–Crippen LogP) is 3.44. The lowest BCUT2D eigenvalue weighted by atomic mass is 10.2. The lowest BCUT2D eigenvalue weighted by Crippen LogP contribution is -1.75. The molecule has 0 aromatic heterocycles. The van der Waals surface area contributed by atoms with Gasteiger partial charge in [0.1, 0.15) is 0 Å². The minimum Gasteiger partial charge on any atom is -0.193 e. The molecular formula is C9H5Cl2N. The molecule has 1 aromatic carbocycles. The number of nitrogens with zero attached hydrogens (tertiary/aromatic N) is 1. The quantitative estimate of drug-likeness (QED) is 0.634. The molecule has 0 saturated carbocycles. The first-order valence-electron chi connectivity index (χ1n) is 3.25. The van der Waals surface area contributed by atoms with E-state index in [0.29, 0.717) is 10.1 Å². The molecule has 1 nitrogen and oxygen atoms in total. The van der Waals surface area contributed by atoms with Crippen LogP contribution in [0.2, 0.25) is 5.02 Å². The average Bonchev–Trinajstić information content (AvgIpc) is 2.05. The van der Waals surface area contributed by atoms with Crippen molar-refractivity contribution < 1.29 is 0 Å². The van der Waals surface area contributed by atoms with E-state index < -0.39 is 0 Å². The highest BCUT2D eigenvalue weighted by atomic mass is 35.5. The first-order valence-corrected chi connectivity index (χ1v) is 4.01. The number of rotatable bonds is 1. The van der Waals surface area contributed by atoms with E-state index in [2.05, 4.69) is 0 Å². The summed E-state index contributed by atoms with van der Waals surface area (Å²) in [5.41, 5.74) is 0.755. The summed E-state index contributed by atoms with van der Waals surface area (Å²) < 4.78 is 0. The third-order valence-electron chi connectivity index (χ3n) is 1.29. The van der Waals surface area contributed by atoms with Crippen LogP contribution in [-0.4, -0.2) is 0 Å². The zero-order chi connectivity index (χ0) is 8.97. The molecule has 0 saturated heterocycles. The van der Waals surface area contributed by atoms with Gasteiger partial charge in [-0.05, 0) is 17.7 Å². The molecule has 60 valence electrons. The second kappa shape index (κ2) is 4.15. The van der Waals surface area contributed by atoms with Gasteiger partial charge >= 0.3 is 0 Å². The van der Waals surface area contributed by atoms with Crippen molar-refractivity contribution in [3.8, 4) is 6.07 Å². The standard InChI is InChI=1S/C9H5Cl2N/c10-8-3-1-2-7(6-8)9(11)4-5-12/h1-4,6H/b9-4+. The largest absolute Gasteiger partial charge is 0.193 e. The van der Waals surface area contributed by atoms with E-state index in [1.165, 1.54) is 6.08 Å². The number of benzene rings is 1. The maximum atomic E-state index is 8.32. The molecule has 0 aliphatic rings. The summed E-state index contributed by atoms with van der Waals surface area (Å²) in [4.78, 5) is 0. The Kier molecular flexibility index (Phi) is 3.16. The minimum absolute atomic E-state index is 0.403. The zero-order valence-electron chi connectivity index (χ0n) is 6.09.